The maximum atomic E-state index is 11.6. The second-order valence-corrected chi connectivity index (χ2v) is 5.16. The lowest BCUT2D eigenvalue weighted by atomic mass is 10.6. The molecule has 0 aromatic carbocycles. The summed E-state index contributed by atoms with van der Waals surface area (Å²) in [5.74, 6) is -3.26. The first-order valence-electron chi connectivity index (χ1n) is 4.78. The SMILES string of the molecule is CCOCCS(=O)(=O)N(CC(=O)O)CC(=O)O. The van der Waals surface area contributed by atoms with Gasteiger partial charge in [-0.3, -0.25) is 9.59 Å². The van der Waals surface area contributed by atoms with Crippen molar-refractivity contribution in [2.75, 3.05) is 32.1 Å². The topological polar surface area (TPSA) is 121 Å². The molecule has 0 saturated carbocycles. The fourth-order valence-electron chi connectivity index (χ4n) is 0.992. The number of carbonyl (C=O) groups is 2. The summed E-state index contributed by atoms with van der Waals surface area (Å²) in [6.45, 7) is 0.155. The molecule has 0 aromatic rings. The maximum absolute atomic E-state index is 11.6. The van der Waals surface area contributed by atoms with Crippen molar-refractivity contribution in [1.29, 1.82) is 0 Å². The molecule has 0 saturated heterocycles. The number of nitrogens with zero attached hydrogens (tertiary/aromatic N) is 1. The summed E-state index contributed by atoms with van der Waals surface area (Å²) in [6.07, 6.45) is 0. The number of aliphatic carboxylic acids is 2. The largest absolute Gasteiger partial charge is 0.480 e. The zero-order chi connectivity index (χ0) is 13.5. The maximum Gasteiger partial charge on any atom is 0.318 e. The Labute approximate surface area is 98.8 Å². The third-order valence-corrected chi connectivity index (χ3v) is 3.43. The zero-order valence-corrected chi connectivity index (χ0v) is 10.1. The molecule has 0 aliphatic carbocycles. The van der Waals surface area contributed by atoms with Gasteiger partial charge in [0.25, 0.3) is 0 Å². The molecule has 17 heavy (non-hydrogen) atoms. The summed E-state index contributed by atoms with van der Waals surface area (Å²) < 4.78 is 28.4. The van der Waals surface area contributed by atoms with Crippen LogP contribution in [0.2, 0.25) is 0 Å². The molecule has 9 heteroatoms. The molecular weight excluding hydrogens is 254 g/mol. The van der Waals surface area contributed by atoms with Crippen LogP contribution < -0.4 is 0 Å². The Hall–Kier alpha value is -1.19. The minimum absolute atomic E-state index is 0.103. The van der Waals surface area contributed by atoms with Crippen LogP contribution in [0.4, 0.5) is 0 Å². The van der Waals surface area contributed by atoms with Crippen molar-refractivity contribution in [2.24, 2.45) is 0 Å². The van der Waals surface area contributed by atoms with E-state index in [9.17, 15) is 18.0 Å². The van der Waals surface area contributed by atoms with E-state index in [1.165, 1.54) is 0 Å². The van der Waals surface area contributed by atoms with Gasteiger partial charge in [-0.15, -0.1) is 0 Å². The molecule has 2 N–H and O–H groups in total. The van der Waals surface area contributed by atoms with E-state index in [-0.39, 0.29) is 6.61 Å². The molecule has 0 fully saturated rings. The highest BCUT2D eigenvalue weighted by molar-refractivity contribution is 7.89. The van der Waals surface area contributed by atoms with Gasteiger partial charge in [0, 0.05) is 6.61 Å². The van der Waals surface area contributed by atoms with Gasteiger partial charge >= 0.3 is 11.9 Å². The third kappa shape index (κ3) is 6.87. The second kappa shape index (κ2) is 7.20. The van der Waals surface area contributed by atoms with Gasteiger partial charge in [0.05, 0.1) is 12.4 Å². The van der Waals surface area contributed by atoms with E-state index in [4.69, 9.17) is 14.9 Å². The molecule has 8 nitrogen and oxygen atoms in total. The third-order valence-electron chi connectivity index (χ3n) is 1.71. The van der Waals surface area contributed by atoms with Crippen molar-refractivity contribution in [1.82, 2.24) is 4.31 Å². The Morgan fingerprint density at radius 2 is 1.65 bits per heavy atom. The van der Waals surface area contributed by atoms with Gasteiger partial charge in [-0.05, 0) is 6.92 Å². The van der Waals surface area contributed by atoms with E-state index in [1.807, 2.05) is 0 Å². The van der Waals surface area contributed by atoms with Crippen LogP contribution in [0, 0.1) is 0 Å². The van der Waals surface area contributed by atoms with Crippen molar-refractivity contribution in [3.63, 3.8) is 0 Å². The fraction of sp³-hybridized carbons (Fsp3) is 0.750. The van der Waals surface area contributed by atoms with Crippen molar-refractivity contribution < 1.29 is 33.0 Å². The van der Waals surface area contributed by atoms with E-state index in [0.29, 0.717) is 10.9 Å². The molecule has 0 unspecified atom stereocenters. The van der Waals surface area contributed by atoms with Gasteiger partial charge in [-0.25, -0.2) is 8.42 Å². The predicted molar refractivity (Wildman–Crippen MR) is 57.1 cm³/mol. The highest BCUT2D eigenvalue weighted by Gasteiger charge is 2.26. The molecule has 0 atom stereocenters. The monoisotopic (exact) mass is 269 g/mol. The van der Waals surface area contributed by atoms with E-state index in [1.54, 1.807) is 6.92 Å². The van der Waals surface area contributed by atoms with Crippen LogP contribution in [0.3, 0.4) is 0 Å². The number of rotatable bonds is 9. The van der Waals surface area contributed by atoms with Crippen LogP contribution in [0.15, 0.2) is 0 Å². The number of carboxylic acid groups (broad SMARTS) is 2. The Balaban J connectivity index is 4.64. The van der Waals surface area contributed by atoms with Crippen molar-refractivity contribution >= 4 is 22.0 Å². The normalized spacial score (nSPS) is 11.6. The van der Waals surface area contributed by atoms with Crippen LogP contribution in [0.1, 0.15) is 6.92 Å². The van der Waals surface area contributed by atoms with Crippen LogP contribution in [-0.4, -0.2) is 66.9 Å². The van der Waals surface area contributed by atoms with Gasteiger partial charge in [-0.1, -0.05) is 0 Å². The Kier molecular flexibility index (Phi) is 6.69. The van der Waals surface area contributed by atoms with Crippen LogP contribution in [0.25, 0.3) is 0 Å². The molecule has 100 valence electrons. The second-order valence-electron chi connectivity index (χ2n) is 3.07. The van der Waals surface area contributed by atoms with E-state index in [2.05, 4.69) is 0 Å². The predicted octanol–water partition coefficient (Wildman–Crippen LogP) is -1.18. The summed E-state index contributed by atoms with van der Waals surface area (Å²) in [5.41, 5.74) is 0. The van der Waals surface area contributed by atoms with E-state index >= 15 is 0 Å². The number of hydrogen-bond acceptors (Lipinski definition) is 5. The molecule has 0 radical (unpaired) electrons. The van der Waals surface area contributed by atoms with Crippen molar-refractivity contribution in [3.05, 3.63) is 0 Å². The lowest BCUT2D eigenvalue weighted by molar-refractivity contribution is -0.139. The minimum atomic E-state index is -3.94. The smallest absolute Gasteiger partial charge is 0.318 e. The average Bonchev–Trinajstić information content (AvgIpc) is 2.15. The number of carboxylic acids is 2. The molecule has 0 heterocycles. The Morgan fingerprint density at radius 3 is 2.00 bits per heavy atom. The van der Waals surface area contributed by atoms with Gasteiger partial charge in [-0.2, -0.15) is 4.31 Å². The van der Waals surface area contributed by atoms with Gasteiger partial charge in [0.2, 0.25) is 10.0 Å². The Morgan fingerprint density at radius 1 is 1.18 bits per heavy atom. The molecule has 0 spiro atoms. The summed E-state index contributed by atoms with van der Waals surface area (Å²) in [4.78, 5) is 20.9. The van der Waals surface area contributed by atoms with Crippen molar-refractivity contribution in [2.45, 2.75) is 6.92 Å². The Bertz CT molecular complexity index is 348. The summed E-state index contributed by atoms with van der Waals surface area (Å²) >= 11 is 0. The molecule has 0 rings (SSSR count). The number of ether oxygens (including phenoxy) is 1. The highest BCUT2D eigenvalue weighted by atomic mass is 32.2. The summed E-state index contributed by atoms with van der Waals surface area (Å²) in [6, 6.07) is 0. The molecule has 0 aliphatic heterocycles. The minimum Gasteiger partial charge on any atom is -0.480 e. The molecule has 0 amide bonds. The first-order chi connectivity index (χ1) is 7.79. The van der Waals surface area contributed by atoms with Crippen molar-refractivity contribution in [3.8, 4) is 0 Å². The lowest BCUT2D eigenvalue weighted by Crippen LogP contribution is -2.41. The first-order valence-corrected chi connectivity index (χ1v) is 6.39. The van der Waals surface area contributed by atoms with Gasteiger partial charge < -0.3 is 14.9 Å². The lowest BCUT2D eigenvalue weighted by Gasteiger charge is -2.17. The summed E-state index contributed by atoms with van der Waals surface area (Å²) in [7, 11) is -3.94. The van der Waals surface area contributed by atoms with Crippen LogP contribution >= 0.6 is 0 Å². The molecule has 0 aliphatic rings. The highest BCUT2D eigenvalue weighted by Crippen LogP contribution is 2.01. The molecule has 0 bridgehead atoms. The van der Waals surface area contributed by atoms with Crippen LogP contribution in [-0.2, 0) is 24.3 Å². The molecular formula is C8H15NO7S. The number of hydrogen-bond donors (Lipinski definition) is 2. The first kappa shape index (κ1) is 15.8. The summed E-state index contributed by atoms with van der Waals surface area (Å²) in [5, 5.41) is 17.0. The van der Waals surface area contributed by atoms with Crippen LogP contribution in [0.5, 0.6) is 0 Å². The fourth-order valence-corrected chi connectivity index (χ4v) is 2.19. The standard InChI is InChI=1S/C8H15NO7S/c1-2-16-3-4-17(14,15)9(5-7(10)11)6-8(12)13/h2-6H2,1H3,(H,10,11)(H,12,13). The zero-order valence-electron chi connectivity index (χ0n) is 9.33. The van der Waals surface area contributed by atoms with Gasteiger partial charge in [0.15, 0.2) is 0 Å². The number of sulfonamides is 1. The molecule has 0 aromatic heterocycles. The van der Waals surface area contributed by atoms with E-state index < -0.39 is 40.8 Å². The quantitative estimate of drug-likeness (QED) is 0.505. The van der Waals surface area contributed by atoms with Gasteiger partial charge in [0.1, 0.15) is 13.1 Å². The average molecular weight is 269 g/mol. The van der Waals surface area contributed by atoms with E-state index in [0.717, 1.165) is 0 Å².